The van der Waals surface area contributed by atoms with Crippen molar-refractivity contribution in [3.63, 3.8) is 0 Å². The van der Waals surface area contributed by atoms with Gasteiger partial charge < -0.3 is 4.98 Å². The van der Waals surface area contributed by atoms with Crippen LogP contribution >= 0.6 is 11.6 Å². The van der Waals surface area contributed by atoms with Gasteiger partial charge in [0, 0.05) is 23.4 Å². The molecule has 3 aromatic rings. The molecular weight excluding hydrogens is 274 g/mol. The summed E-state index contributed by atoms with van der Waals surface area (Å²) in [7, 11) is 0. The van der Waals surface area contributed by atoms with Gasteiger partial charge in [-0.2, -0.15) is 0 Å². The van der Waals surface area contributed by atoms with E-state index in [0.717, 1.165) is 41.0 Å². The maximum absolute atomic E-state index is 5.97. The number of nitrogens with zero attached hydrogens (tertiary/aromatic N) is 4. The molecule has 0 radical (unpaired) electrons. The Morgan fingerprint density at radius 1 is 1.30 bits per heavy atom. The molecule has 1 fully saturated rings. The van der Waals surface area contributed by atoms with Crippen LogP contribution in [0.15, 0.2) is 18.6 Å². The Morgan fingerprint density at radius 3 is 2.95 bits per heavy atom. The molecule has 6 heteroatoms. The van der Waals surface area contributed by atoms with E-state index >= 15 is 0 Å². The average Bonchev–Trinajstić information content (AvgIpc) is 3.13. The number of halogens is 1. The Labute approximate surface area is 121 Å². The van der Waals surface area contributed by atoms with Crippen molar-refractivity contribution in [3.8, 4) is 0 Å². The maximum atomic E-state index is 5.97. The third-order valence-corrected chi connectivity index (χ3v) is 4.89. The van der Waals surface area contributed by atoms with E-state index in [2.05, 4.69) is 26.3 Å². The molecular formula is C14H16ClN5. The van der Waals surface area contributed by atoms with Gasteiger partial charge >= 0.3 is 0 Å². The van der Waals surface area contributed by atoms with Crippen LogP contribution in [0, 0.1) is 5.92 Å². The summed E-state index contributed by atoms with van der Waals surface area (Å²) in [5, 5.41) is 9.76. The molecule has 20 heavy (non-hydrogen) atoms. The molecule has 5 nitrogen and oxygen atoms in total. The maximum Gasteiger partial charge on any atom is 0.141 e. The smallest absolute Gasteiger partial charge is 0.141 e. The fourth-order valence-corrected chi connectivity index (χ4v) is 3.59. The highest BCUT2D eigenvalue weighted by Crippen LogP contribution is 2.37. The van der Waals surface area contributed by atoms with E-state index in [1.54, 1.807) is 10.8 Å². The number of aromatic amines is 1. The zero-order chi connectivity index (χ0) is 13.5. The van der Waals surface area contributed by atoms with Crippen LogP contribution in [0.3, 0.4) is 0 Å². The van der Waals surface area contributed by atoms with Gasteiger partial charge in [-0.25, -0.2) is 9.50 Å². The topological polar surface area (TPSA) is 58.9 Å². The Hall–Kier alpha value is -1.62. The predicted molar refractivity (Wildman–Crippen MR) is 78.1 cm³/mol. The number of H-pyrrole nitrogens is 1. The molecule has 104 valence electrons. The summed E-state index contributed by atoms with van der Waals surface area (Å²) in [6.45, 7) is 0. The second kappa shape index (κ2) is 4.74. The molecule has 1 aliphatic carbocycles. The van der Waals surface area contributed by atoms with Crippen LogP contribution in [0.25, 0.3) is 16.6 Å². The molecule has 1 aliphatic rings. The summed E-state index contributed by atoms with van der Waals surface area (Å²) in [4.78, 5) is 7.49. The van der Waals surface area contributed by atoms with E-state index in [9.17, 15) is 0 Å². The molecule has 3 aromatic heterocycles. The first-order valence-corrected chi connectivity index (χ1v) is 7.63. The lowest BCUT2D eigenvalue weighted by atomic mass is 9.81. The molecule has 0 aromatic carbocycles. The van der Waals surface area contributed by atoms with Crippen molar-refractivity contribution in [3.05, 3.63) is 24.3 Å². The van der Waals surface area contributed by atoms with Crippen molar-refractivity contribution in [1.29, 1.82) is 0 Å². The molecule has 0 unspecified atom stereocenters. The van der Waals surface area contributed by atoms with Gasteiger partial charge in [0.25, 0.3) is 0 Å². The Morgan fingerprint density at radius 2 is 2.15 bits per heavy atom. The van der Waals surface area contributed by atoms with Gasteiger partial charge in [0.2, 0.25) is 0 Å². The monoisotopic (exact) mass is 289 g/mol. The minimum absolute atomic E-state index is 0.493. The van der Waals surface area contributed by atoms with Crippen LogP contribution in [0.2, 0.25) is 0 Å². The average molecular weight is 290 g/mol. The van der Waals surface area contributed by atoms with Crippen LogP contribution in [0.1, 0.15) is 37.3 Å². The second-order valence-corrected chi connectivity index (χ2v) is 5.93. The van der Waals surface area contributed by atoms with E-state index in [1.807, 2.05) is 6.20 Å². The lowest BCUT2D eigenvalue weighted by Gasteiger charge is -2.25. The number of hydrogen-bond donors (Lipinski definition) is 1. The lowest BCUT2D eigenvalue weighted by Crippen LogP contribution is -2.14. The first kappa shape index (κ1) is 12.1. The molecule has 1 saturated carbocycles. The minimum Gasteiger partial charge on any atom is -0.346 e. The van der Waals surface area contributed by atoms with Gasteiger partial charge in [0.15, 0.2) is 0 Å². The quantitative estimate of drug-likeness (QED) is 0.737. The molecule has 0 saturated heterocycles. The van der Waals surface area contributed by atoms with Gasteiger partial charge in [-0.15, -0.1) is 16.7 Å². The predicted octanol–water partition coefficient (Wildman–Crippen LogP) is 3.12. The van der Waals surface area contributed by atoms with Crippen molar-refractivity contribution in [1.82, 2.24) is 24.8 Å². The standard InChI is InChI=1S/C14H16ClN5/c15-7-9-1-3-10(4-2-9)12-13-11-5-6-16-14(11)17-8-20(13)19-18-12/h5-6,8-10,16H,1-4,7H2. The number of nitrogens with one attached hydrogen (secondary N) is 1. The third-order valence-electron chi connectivity index (χ3n) is 4.45. The van der Waals surface area contributed by atoms with Crippen molar-refractivity contribution < 1.29 is 0 Å². The van der Waals surface area contributed by atoms with Crippen molar-refractivity contribution in [2.75, 3.05) is 5.88 Å². The van der Waals surface area contributed by atoms with Gasteiger partial charge in [-0.05, 0) is 37.7 Å². The van der Waals surface area contributed by atoms with Gasteiger partial charge in [-0.3, -0.25) is 0 Å². The Balaban J connectivity index is 1.78. The molecule has 0 amide bonds. The molecule has 3 heterocycles. The summed E-state index contributed by atoms with van der Waals surface area (Å²) in [6, 6.07) is 2.05. The van der Waals surface area contributed by atoms with E-state index in [-0.39, 0.29) is 0 Å². The first-order valence-electron chi connectivity index (χ1n) is 7.10. The van der Waals surface area contributed by atoms with Gasteiger partial charge in [0.1, 0.15) is 17.5 Å². The first-order chi connectivity index (χ1) is 9.86. The zero-order valence-electron chi connectivity index (χ0n) is 11.1. The third kappa shape index (κ3) is 1.80. The Bertz CT molecular complexity index is 738. The van der Waals surface area contributed by atoms with E-state index in [1.165, 1.54) is 12.8 Å². The minimum atomic E-state index is 0.493. The molecule has 1 N–H and O–H groups in total. The van der Waals surface area contributed by atoms with Crippen molar-refractivity contribution in [2.24, 2.45) is 5.92 Å². The van der Waals surface area contributed by atoms with E-state index < -0.39 is 0 Å². The van der Waals surface area contributed by atoms with E-state index in [0.29, 0.717) is 11.8 Å². The molecule has 0 atom stereocenters. The highest BCUT2D eigenvalue weighted by atomic mass is 35.5. The summed E-state index contributed by atoms with van der Waals surface area (Å²) in [6.07, 6.45) is 8.33. The highest BCUT2D eigenvalue weighted by Gasteiger charge is 2.26. The van der Waals surface area contributed by atoms with Crippen LogP contribution in [0.4, 0.5) is 0 Å². The fourth-order valence-electron chi connectivity index (χ4n) is 3.28. The number of alkyl halides is 1. The summed E-state index contributed by atoms with van der Waals surface area (Å²) >= 11 is 5.97. The zero-order valence-corrected chi connectivity index (χ0v) is 11.8. The fraction of sp³-hybridized carbons (Fsp3) is 0.500. The summed E-state index contributed by atoms with van der Waals surface area (Å²) < 4.78 is 1.79. The highest BCUT2D eigenvalue weighted by molar-refractivity contribution is 6.18. The van der Waals surface area contributed by atoms with Crippen molar-refractivity contribution >= 4 is 28.2 Å². The van der Waals surface area contributed by atoms with Crippen LogP contribution in [-0.4, -0.2) is 30.7 Å². The SMILES string of the molecule is ClCC1CCC(c2nnn3cnc4[nH]ccc4c23)CC1. The molecule has 0 spiro atoms. The molecule has 0 bridgehead atoms. The van der Waals surface area contributed by atoms with Crippen LogP contribution in [0.5, 0.6) is 0 Å². The van der Waals surface area contributed by atoms with Crippen molar-refractivity contribution in [2.45, 2.75) is 31.6 Å². The number of aromatic nitrogens is 5. The summed E-state index contributed by atoms with van der Waals surface area (Å²) in [5.41, 5.74) is 3.12. The van der Waals surface area contributed by atoms with Gasteiger partial charge in [0.05, 0.1) is 5.69 Å². The molecule has 4 rings (SSSR count). The molecule has 0 aliphatic heterocycles. The van der Waals surface area contributed by atoms with Crippen LogP contribution in [-0.2, 0) is 0 Å². The Kier molecular flexibility index (Phi) is 2.88. The largest absolute Gasteiger partial charge is 0.346 e. The van der Waals surface area contributed by atoms with Gasteiger partial charge in [-0.1, -0.05) is 5.21 Å². The number of hydrogen-bond acceptors (Lipinski definition) is 3. The van der Waals surface area contributed by atoms with Crippen LogP contribution < -0.4 is 0 Å². The second-order valence-electron chi connectivity index (χ2n) is 5.62. The lowest BCUT2D eigenvalue weighted by molar-refractivity contribution is 0.348. The summed E-state index contributed by atoms with van der Waals surface area (Å²) in [5.74, 6) is 1.94. The van der Waals surface area contributed by atoms with E-state index in [4.69, 9.17) is 11.6 Å². The number of rotatable bonds is 2. The normalized spacial score (nSPS) is 23.6. The number of fused-ring (bicyclic) bond motifs is 3.